The zero-order valence-electron chi connectivity index (χ0n) is 12.7. The van der Waals surface area contributed by atoms with Crippen molar-refractivity contribution >= 4 is 11.5 Å². The van der Waals surface area contributed by atoms with Crippen LogP contribution in [0.15, 0.2) is 11.2 Å². The van der Waals surface area contributed by atoms with E-state index in [1.807, 2.05) is 19.9 Å². The van der Waals surface area contributed by atoms with E-state index in [-0.39, 0.29) is 18.5 Å². The van der Waals surface area contributed by atoms with Gasteiger partial charge in [0.2, 0.25) is 0 Å². The number of piperidine rings is 1. The molecule has 1 atom stereocenters. The lowest BCUT2D eigenvalue weighted by Crippen LogP contribution is -2.41. The fourth-order valence-corrected chi connectivity index (χ4v) is 3.17. The second-order valence-corrected chi connectivity index (χ2v) is 5.58. The first-order valence-corrected chi connectivity index (χ1v) is 7.42. The maximum absolute atomic E-state index is 9.29. The Bertz CT molecular complexity index is 529. The number of aliphatic hydroxyl groups is 1. The van der Waals surface area contributed by atoms with Crippen molar-refractivity contribution in [2.45, 2.75) is 45.6 Å². The number of aryl methyl sites for hydroxylation is 2. The van der Waals surface area contributed by atoms with Gasteiger partial charge in [0.1, 0.15) is 0 Å². The molecule has 0 spiro atoms. The number of hydrogen-bond acceptors (Lipinski definition) is 5. The molecule has 1 fully saturated rings. The van der Waals surface area contributed by atoms with Crippen LogP contribution in [0.5, 0.6) is 0 Å². The first-order chi connectivity index (χ1) is 10.1. The molecular weight excluding hydrogens is 268 g/mol. The second kappa shape index (κ2) is 6.76. The van der Waals surface area contributed by atoms with E-state index in [1.165, 1.54) is 6.42 Å². The minimum absolute atomic E-state index is 0.0864. The minimum atomic E-state index is 0.0864. The third-order valence-corrected chi connectivity index (χ3v) is 4.07. The maximum Gasteiger partial charge on any atom is 0.174 e. The number of aromatic nitrogens is 1. The number of nitrogens with two attached hydrogens (primary N) is 1. The van der Waals surface area contributed by atoms with Crippen LogP contribution in [0.2, 0.25) is 0 Å². The van der Waals surface area contributed by atoms with Crippen LogP contribution in [-0.2, 0) is 0 Å². The fraction of sp³-hybridized carbons (Fsp3) is 0.600. The highest BCUT2D eigenvalue weighted by Gasteiger charge is 2.26. The third-order valence-electron chi connectivity index (χ3n) is 4.07. The van der Waals surface area contributed by atoms with Gasteiger partial charge in [-0.05, 0) is 45.6 Å². The summed E-state index contributed by atoms with van der Waals surface area (Å²) < 4.78 is 0. The molecule has 0 saturated carbocycles. The predicted molar refractivity (Wildman–Crippen MR) is 82.9 cm³/mol. The third kappa shape index (κ3) is 3.26. The summed E-state index contributed by atoms with van der Waals surface area (Å²) in [6.45, 7) is 4.90. The average Bonchev–Trinajstić information content (AvgIpc) is 2.46. The van der Waals surface area contributed by atoms with Crippen molar-refractivity contribution in [2.75, 3.05) is 18.1 Å². The lowest BCUT2D eigenvalue weighted by molar-refractivity contribution is 0.262. The average molecular weight is 292 g/mol. The molecule has 1 saturated heterocycles. The van der Waals surface area contributed by atoms with Crippen molar-refractivity contribution in [2.24, 2.45) is 10.9 Å². The van der Waals surface area contributed by atoms with Gasteiger partial charge in [0.25, 0.3) is 0 Å². The fourth-order valence-electron chi connectivity index (χ4n) is 3.17. The summed E-state index contributed by atoms with van der Waals surface area (Å²) in [6.07, 6.45) is 4.06. The molecule has 1 aliphatic rings. The van der Waals surface area contributed by atoms with E-state index in [1.54, 1.807) is 0 Å². The molecule has 2 rings (SSSR count). The number of anilines is 1. The van der Waals surface area contributed by atoms with E-state index in [2.05, 4.69) is 15.0 Å². The molecule has 6 nitrogen and oxygen atoms in total. The summed E-state index contributed by atoms with van der Waals surface area (Å²) in [5.74, 6) is 0.0864. The number of hydrogen-bond donors (Lipinski definition) is 3. The molecule has 1 aliphatic heterocycles. The van der Waals surface area contributed by atoms with E-state index in [9.17, 15) is 5.11 Å². The van der Waals surface area contributed by atoms with Gasteiger partial charge in [0.05, 0.1) is 16.9 Å². The van der Waals surface area contributed by atoms with Crippen LogP contribution in [0.3, 0.4) is 0 Å². The second-order valence-electron chi connectivity index (χ2n) is 5.58. The number of amidine groups is 1. The molecule has 0 aliphatic carbocycles. The van der Waals surface area contributed by atoms with Crippen molar-refractivity contribution < 1.29 is 10.3 Å². The highest BCUT2D eigenvalue weighted by molar-refractivity contribution is 6.03. The van der Waals surface area contributed by atoms with E-state index in [0.29, 0.717) is 5.56 Å². The number of aliphatic hydroxyl groups excluding tert-OH is 1. The van der Waals surface area contributed by atoms with E-state index in [4.69, 9.17) is 10.9 Å². The molecule has 4 N–H and O–H groups in total. The van der Waals surface area contributed by atoms with Gasteiger partial charge in [0.15, 0.2) is 5.84 Å². The van der Waals surface area contributed by atoms with E-state index < -0.39 is 0 Å². The zero-order chi connectivity index (χ0) is 15.4. The quantitative estimate of drug-likeness (QED) is 0.338. The van der Waals surface area contributed by atoms with Gasteiger partial charge >= 0.3 is 0 Å². The molecule has 6 heteroatoms. The smallest absolute Gasteiger partial charge is 0.174 e. The normalized spacial score (nSPS) is 19.9. The van der Waals surface area contributed by atoms with Gasteiger partial charge in [-0.3, -0.25) is 4.98 Å². The van der Waals surface area contributed by atoms with Crippen LogP contribution in [0, 0.1) is 13.8 Å². The van der Waals surface area contributed by atoms with Crippen molar-refractivity contribution in [3.05, 3.63) is 23.0 Å². The summed E-state index contributed by atoms with van der Waals surface area (Å²) in [6, 6.07) is 2.27. The van der Waals surface area contributed by atoms with Crippen LogP contribution in [-0.4, -0.2) is 40.3 Å². The summed E-state index contributed by atoms with van der Waals surface area (Å²) in [5, 5.41) is 21.5. The van der Waals surface area contributed by atoms with E-state index >= 15 is 0 Å². The van der Waals surface area contributed by atoms with Crippen molar-refractivity contribution in [1.82, 2.24) is 4.98 Å². The molecule has 0 bridgehead atoms. The molecule has 0 radical (unpaired) electrons. The van der Waals surface area contributed by atoms with Crippen LogP contribution in [0.4, 0.5) is 5.69 Å². The summed E-state index contributed by atoms with van der Waals surface area (Å²) in [7, 11) is 0. The Hall–Kier alpha value is -1.82. The maximum atomic E-state index is 9.29. The Morgan fingerprint density at radius 3 is 2.90 bits per heavy atom. The number of oxime groups is 1. The van der Waals surface area contributed by atoms with Gasteiger partial charge in [0, 0.05) is 24.9 Å². The predicted octanol–water partition coefficient (Wildman–Crippen LogP) is 1.53. The minimum Gasteiger partial charge on any atom is -0.409 e. The van der Waals surface area contributed by atoms with Gasteiger partial charge in [-0.25, -0.2) is 0 Å². The van der Waals surface area contributed by atoms with Crippen LogP contribution in [0.25, 0.3) is 0 Å². The number of rotatable bonds is 4. The van der Waals surface area contributed by atoms with E-state index in [0.717, 1.165) is 42.9 Å². The van der Waals surface area contributed by atoms with Crippen LogP contribution >= 0.6 is 0 Å². The van der Waals surface area contributed by atoms with Crippen molar-refractivity contribution in [3.63, 3.8) is 0 Å². The first kappa shape index (κ1) is 15.6. The largest absolute Gasteiger partial charge is 0.409 e. The molecule has 0 aromatic carbocycles. The Balaban J connectivity index is 2.49. The summed E-state index contributed by atoms with van der Waals surface area (Å²) in [5.41, 5.74) is 9.16. The Morgan fingerprint density at radius 1 is 1.48 bits per heavy atom. The lowest BCUT2D eigenvalue weighted by Gasteiger charge is -2.38. The van der Waals surface area contributed by atoms with Gasteiger partial charge in [-0.2, -0.15) is 0 Å². The monoisotopic (exact) mass is 292 g/mol. The topological polar surface area (TPSA) is 95.0 Å². The lowest BCUT2D eigenvalue weighted by atomic mass is 9.97. The summed E-state index contributed by atoms with van der Waals surface area (Å²) in [4.78, 5) is 6.69. The molecule has 1 aromatic rings. The summed E-state index contributed by atoms with van der Waals surface area (Å²) >= 11 is 0. The molecule has 0 amide bonds. The van der Waals surface area contributed by atoms with Crippen molar-refractivity contribution in [1.29, 1.82) is 0 Å². The number of pyridine rings is 1. The Kier molecular flexibility index (Phi) is 5.01. The van der Waals surface area contributed by atoms with Gasteiger partial charge < -0.3 is 20.9 Å². The van der Waals surface area contributed by atoms with Gasteiger partial charge in [-0.15, -0.1) is 0 Å². The Morgan fingerprint density at radius 2 is 2.24 bits per heavy atom. The Labute approximate surface area is 125 Å². The zero-order valence-corrected chi connectivity index (χ0v) is 12.7. The molecule has 21 heavy (non-hydrogen) atoms. The molecule has 116 valence electrons. The first-order valence-electron chi connectivity index (χ1n) is 7.42. The highest BCUT2D eigenvalue weighted by Crippen LogP contribution is 2.31. The highest BCUT2D eigenvalue weighted by atomic mass is 16.4. The molecule has 1 unspecified atom stereocenters. The van der Waals surface area contributed by atoms with Crippen molar-refractivity contribution in [3.8, 4) is 0 Å². The molecular formula is C15H24N4O2. The van der Waals surface area contributed by atoms with Gasteiger partial charge in [-0.1, -0.05) is 5.16 Å². The standard InChI is InChI=1S/C15H24N4O2/c1-10-9-13(14(11(2)17-10)15(16)18-21)19-7-4-3-5-12(19)6-8-20/h9,12,20-21H,3-8H2,1-2H3,(H2,16,18). The SMILES string of the molecule is Cc1cc(N2CCCCC2CCO)c(/C(N)=N/O)c(C)n1. The van der Waals surface area contributed by atoms with Crippen LogP contribution < -0.4 is 10.6 Å². The molecule has 1 aromatic heterocycles. The molecule has 2 heterocycles. The van der Waals surface area contributed by atoms with Crippen LogP contribution in [0.1, 0.15) is 42.6 Å². The number of nitrogens with zero attached hydrogens (tertiary/aromatic N) is 3.